The Morgan fingerprint density at radius 1 is 1.39 bits per heavy atom. The Morgan fingerprint density at radius 3 is 2.72 bits per heavy atom. The minimum absolute atomic E-state index is 0.106. The van der Waals surface area contributed by atoms with Gasteiger partial charge in [0.15, 0.2) is 0 Å². The number of nitrogens with zero attached hydrogens (tertiary/aromatic N) is 2. The van der Waals surface area contributed by atoms with E-state index < -0.39 is 0 Å². The van der Waals surface area contributed by atoms with Crippen molar-refractivity contribution in [3.63, 3.8) is 0 Å². The van der Waals surface area contributed by atoms with Crippen molar-refractivity contribution in [2.24, 2.45) is 5.73 Å². The van der Waals surface area contributed by atoms with E-state index in [4.69, 9.17) is 10.2 Å². The summed E-state index contributed by atoms with van der Waals surface area (Å²) in [5.74, 6) is 1.74. The van der Waals surface area contributed by atoms with Gasteiger partial charge in [0.1, 0.15) is 11.5 Å². The number of aryl methyl sites for hydroxylation is 3. The van der Waals surface area contributed by atoms with E-state index in [1.165, 1.54) is 5.69 Å². The summed E-state index contributed by atoms with van der Waals surface area (Å²) in [4.78, 5) is 0. The summed E-state index contributed by atoms with van der Waals surface area (Å²) in [6.45, 7) is 7.02. The molecule has 2 rings (SSSR count). The molecule has 0 aromatic carbocycles. The summed E-state index contributed by atoms with van der Waals surface area (Å²) in [6, 6.07) is 5.93. The molecule has 0 bridgehead atoms. The average molecular weight is 247 g/mol. The molecular formula is C14H21N3O. The van der Waals surface area contributed by atoms with Crippen molar-refractivity contribution in [1.82, 2.24) is 9.78 Å². The van der Waals surface area contributed by atoms with Gasteiger partial charge in [-0.05, 0) is 38.5 Å². The maximum Gasteiger partial charge on any atom is 0.121 e. The van der Waals surface area contributed by atoms with Gasteiger partial charge in [0.2, 0.25) is 0 Å². The molecule has 2 heterocycles. The molecule has 0 amide bonds. The molecule has 18 heavy (non-hydrogen) atoms. The van der Waals surface area contributed by atoms with E-state index in [2.05, 4.69) is 25.0 Å². The number of hydrogen-bond donors (Lipinski definition) is 1. The number of furan rings is 1. The van der Waals surface area contributed by atoms with Crippen LogP contribution in [0.2, 0.25) is 0 Å². The normalized spacial score (nSPS) is 12.9. The number of rotatable bonds is 5. The van der Waals surface area contributed by atoms with Gasteiger partial charge in [0, 0.05) is 18.7 Å². The van der Waals surface area contributed by atoms with E-state index in [0.717, 1.165) is 36.6 Å². The van der Waals surface area contributed by atoms with Crippen LogP contribution in [0.5, 0.6) is 0 Å². The zero-order chi connectivity index (χ0) is 13.1. The molecule has 2 N–H and O–H groups in total. The topological polar surface area (TPSA) is 57.0 Å². The minimum atomic E-state index is -0.106. The van der Waals surface area contributed by atoms with Crippen LogP contribution in [0.3, 0.4) is 0 Å². The second kappa shape index (κ2) is 5.40. The van der Waals surface area contributed by atoms with Crippen molar-refractivity contribution in [3.8, 4) is 0 Å². The van der Waals surface area contributed by atoms with E-state index in [0.29, 0.717) is 0 Å². The Hall–Kier alpha value is -1.55. The van der Waals surface area contributed by atoms with Crippen LogP contribution in [-0.2, 0) is 19.4 Å². The molecule has 4 nitrogen and oxygen atoms in total. The molecule has 98 valence electrons. The largest absolute Gasteiger partial charge is 0.465 e. The van der Waals surface area contributed by atoms with E-state index in [9.17, 15) is 0 Å². The molecule has 0 radical (unpaired) electrons. The van der Waals surface area contributed by atoms with Gasteiger partial charge in [-0.3, -0.25) is 4.68 Å². The molecule has 0 aliphatic carbocycles. The quantitative estimate of drug-likeness (QED) is 0.883. The zero-order valence-electron chi connectivity index (χ0n) is 11.3. The molecule has 0 fully saturated rings. The molecular weight excluding hydrogens is 226 g/mol. The first-order chi connectivity index (χ1) is 8.63. The monoisotopic (exact) mass is 247 g/mol. The lowest BCUT2D eigenvalue weighted by molar-refractivity contribution is 0.438. The standard InChI is InChI=1S/C14H21N3O/c1-4-11-8-12(17(5-2)16-11)9-13(15)14-7-6-10(3)18-14/h6-8,13H,4-5,9,15H2,1-3H3. The number of aromatic nitrogens is 2. The first-order valence-electron chi connectivity index (χ1n) is 6.51. The van der Waals surface area contributed by atoms with Crippen molar-refractivity contribution < 1.29 is 4.42 Å². The highest BCUT2D eigenvalue weighted by molar-refractivity contribution is 5.16. The Bertz CT molecular complexity index is 513. The number of hydrogen-bond acceptors (Lipinski definition) is 3. The van der Waals surface area contributed by atoms with Crippen molar-refractivity contribution in [1.29, 1.82) is 0 Å². The molecule has 0 aliphatic heterocycles. The summed E-state index contributed by atoms with van der Waals surface area (Å²) < 4.78 is 7.59. The SMILES string of the molecule is CCc1cc(CC(N)c2ccc(C)o2)n(CC)n1. The van der Waals surface area contributed by atoms with Crippen LogP contribution in [-0.4, -0.2) is 9.78 Å². The average Bonchev–Trinajstić information content (AvgIpc) is 2.95. The molecule has 2 aromatic rings. The zero-order valence-corrected chi connectivity index (χ0v) is 11.3. The molecule has 2 aromatic heterocycles. The van der Waals surface area contributed by atoms with Gasteiger partial charge in [0.05, 0.1) is 11.7 Å². The molecule has 0 saturated carbocycles. The molecule has 0 aliphatic rings. The first kappa shape index (κ1) is 12.9. The summed E-state index contributed by atoms with van der Waals surface area (Å²) in [5.41, 5.74) is 8.48. The fourth-order valence-corrected chi connectivity index (χ4v) is 2.10. The number of nitrogens with two attached hydrogens (primary N) is 1. The van der Waals surface area contributed by atoms with Gasteiger partial charge < -0.3 is 10.2 Å². The minimum Gasteiger partial charge on any atom is -0.465 e. The molecule has 1 unspecified atom stereocenters. The molecule has 0 saturated heterocycles. The van der Waals surface area contributed by atoms with Gasteiger partial charge in [-0.1, -0.05) is 6.92 Å². The van der Waals surface area contributed by atoms with Gasteiger partial charge in [-0.2, -0.15) is 5.10 Å². The summed E-state index contributed by atoms with van der Waals surface area (Å²) in [6.07, 6.45) is 1.71. The van der Waals surface area contributed by atoms with Crippen LogP contribution < -0.4 is 5.73 Å². The van der Waals surface area contributed by atoms with Crippen molar-refractivity contribution >= 4 is 0 Å². The van der Waals surface area contributed by atoms with Crippen LogP contribution >= 0.6 is 0 Å². The smallest absolute Gasteiger partial charge is 0.121 e. The third-order valence-corrected chi connectivity index (χ3v) is 3.13. The van der Waals surface area contributed by atoms with E-state index in [1.54, 1.807) is 0 Å². The van der Waals surface area contributed by atoms with Gasteiger partial charge in [-0.15, -0.1) is 0 Å². The summed E-state index contributed by atoms with van der Waals surface area (Å²) >= 11 is 0. The van der Waals surface area contributed by atoms with Crippen molar-refractivity contribution in [2.75, 3.05) is 0 Å². The summed E-state index contributed by atoms with van der Waals surface area (Å²) in [7, 11) is 0. The second-order valence-electron chi connectivity index (χ2n) is 4.56. The molecule has 4 heteroatoms. The Kier molecular flexibility index (Phi) is 3.87. The fraction of sp³-hybridized carbons (Fsp3) is 0.500. The van der Waals surface area contributed by atoms with Crippen molar-refractivity contribution in [2.45, 2.75) is 46.2 Å². The predicted octanol–water partition coefficient (Wildman–Crippen LogP) is 2.61. The lowest BCUT2D eigenvalue weighted by Crippen LogP contribution is -2.15. The Balaban J connectivity index is 2.15. The van der Waals surface area contributed by atoms with Gasteiger partial charge >= 0.3 is 0 Å². The van der Waals surface area contributed by atoms with Crippen LogP contribution in [0.1, 0.15) is 42.8 Å². The molecule has 0 spiro atoms. The maximum atomic E-state index is 6.18. The Morgan fingerprint density at radius 2 is 2.17 bits per heavy atom. The van der Waals surface area contributed by atoms with E-state index >= 15 is 0 Å². The fourth-order valence-electron chi connectivity index (χ4n) is 2.10. The predicted molar refractivity (Wildman–Crippen MR) is 71.4 cm³/mol. The Labute approximate surface area is 108 Å². The van der Waals surface area contributed by atoms with Crippen LogP contribution in [0.15, 0.2) is 22.6 Å². The second-order valence-corrected chi connectivity index (χ2v) is 4.56. The van der Waals surface area contributed by atoms with Gasteiger partial charge in [0.25, 0.3) is 0 Å². The van der Waals surface area contributed by atoms with Gasteiger partial charge in [-0.25, -0.2) is 0 Å². The highest BCUT2D eigenvalue weighted by Crippen LogP contribution is 2.19. The van der Waals surface area contributed by atoms with E-state index in [-0.39, 0.29) is 6.04 Å². The van der Waals surface area contributed by atoms with E-state index in [1.807, 2.05) is 23.7 Å². The summed E-state index contributed by atoms with van der Waals surface area (Å²) in [5, 5.41) is 4.53. The van der Waals surface area contributed by atoms with Crippen LogP contribution in [0.25, 0.3) is 0 Å². The lowest BCUT2D eigenvalue weighted by atomic mass is 10.1. The highest BCUT2D eigenvalue weighted by Gasteiger charge is 2.14. The highest BCUT2D eigenvalue weighted by atomic mass is 16.3. The molecule has 1 atom stereocenters. The van der Waals surface area contributed by atoms with Crippen LogP contribution in [0, 0.1) is 6.92 Å². The third kappa shape index (κ3) is 2.64. The van der Waals surface area contributed by atoms with Crippen molar-refractivity contribution in [3.05, 3.63) is 41.1 Å². The first-order valence-corrected chi connectivity index (χ1v) is 6.51. The third-order valence-electron chi connectivity index (χ3n) is 3.13. The lowest BCUT2D eigenvalue weighted by Gasteiger charge is -2.09. The van der Waals surface area contributed by atoms with Crippen LogP contribution in [0.4, 0.5) is 0 Å². The maximum absolute atomic E-state index is 6.18.